The van der Waals surface area contributed by atoms with Crippen molar-refractivity contribution in [3.05, 3.63) is 100 Å². The van der Waals surface area contributed by atoms with Crippen molar-refractivity contribution in [2.45, 2.75) is 11.8 Å². The van der Waals surface area contributed by atoms with Crippen molar-refractivity contribution in [1.82, 2.24) is 4.90 Å². The van der Waals surface area contributed by atoms with Crippen LogP contribution in [0.3, 0.4) is 0 Å². The molecule has 4 nitrogen and oxygen atoms in total. The molecule has 0 unspecified atom stereocenters. The van der Waals surface area contributed by atoms with E-state index in [1.807, 2.05) is 71.6 Å². The highest BCUT2D eigenvalue weighted by Crippen LogP contribution is 2.38. The lowest BCUT2D eigenvalue weighted by molar-refractivity contribution is -0.128. The van der Waals surface area contributed by atoms with Crippen molar-refractivity contribution in [2.24, 2.45) is 0 Å². The quantitative estimate of drug-likeness (QED) is 0.505. The molecular formula is C24H21BrN2O2S. The average molecular weight is 481 g/mol. The van der Waals surface area contributed by atoms with Gasteiger partial charge >= 0.3 is 0 Å². The van der Waals surface area contributed by atoms with Crippen LogP contribution in [0.15, 0.2) is 83.3 Å². The number of halogens is 1. The van der Waals surface area contributed by atoms with Crippen LogP contribution in [0.2, 0.25) is 0 Å². The summed E-state index contributed by atoms with van der Waals surface area (Å²) in [6, 6.07) is 25.2. The van der Waals surface area contributed by atoms with Crippen molar-refractivity contribution in [2.75, 3.05) is 17.6 Å². The molecular weight excluding hydrogens is 460 g/mol. The molecule has 1 fully saturated rings. The molecule has 0 bridgehead atoms. The van der Waals surface area contributed by atoms with E-state index in [9.17, 15) is 9.59 Å². The maximum Gasteiger partial charge on any atom is 0.255 e. The second kappa shape index (κ2) is 9.49. The van der Waals surface area contributed by atoms with Gasteiger partial charge in [0.05, 0.1) is 5.75 Å². The Hall–Kier alpha value is -2.57. The van der Waals surface area contributed by atoms with Crippen LogP contribution in [0, 0.1) is 0 Å². The summed E-state index contributed by atoms with van der Waals surface area (Å²) in [7, 11) is 0. The molecule has 0 saturated carbocycles. The molecule has 0 spiro atoms. The number of carbonyl (C=O) groups is 2. The molecule has 3 aromatic rings. The normalized spacial score (nSPS) is 16.0. The summed E-state index contributed by atoms with van der Waals surface area (Å²) in [5.74, 6) is 0.498. The number of thioether (sulfide) groups is 1. The molecule has 1 aliphatic heterocycles. The van der Waals surface area contributed by atoms with Crippen LogP contribution >= 0.6 is 27.7 Å². The van der Waals surface area contributed by atoms with E-state index >= 15 is 0 Å². The molecule has 1 atom stereocenters. The molecule has 1 heterocycles. The average Bonchev–Trinajstić information content (AvgIpc) is 3.13. The second-order valence-corrected chi connectivity index (χ2v) is 9.06. The SMILES string of the molecule is O=C(Nc1cccc(Br)c1)c1ccc([C@H]2SCC(=O)N2CCc2ccccc2)cc1. The fourth-order valence-corrected chi connectivity index (χ4v) is 5.05. The zero-order valence-electron chi connectivity index (χ0n) is 16.3. The highest BCUT2D eigenvalue weighted by atomic mass is 79.9. The molecule has 1 N–H and O–H groups in total. The number of carbonyl (C=O) groups excluding carboxylic acids is 2. The Kier molecular flexibility index (Phi) is 6.55. The Morgan fingerprint density at radius 3 is 2.53 bits per heavy atom. The standard InChI is InChI=1S/C24H21BrN2O2S/c25-20-7-4-8-21(15-20)26-23(29)18-9-11-19(12-10-18)24-27(22(28)16-30-24)14-13-17-5-2-1-3-6-17/h1-12,15,24H,13-14,16H2,(H,26,29)/t24-/m1/s1. The van der Waals surface area contributed by atoms with Gasteiger partial charge in [-0.15, -0.1) is 11.8 Å². The summed E-state index contributed by atoms with van der Waals surface area (Å²) in [4.78, 5) is 26.9. The minimum atomic E-state index is -0.157. The maximum atomic E-state index is 12.5. The zero-order valence-corrected chi connectivity index (χ0v) is 18.7. The lowest BCUT2D eigenvalue weighted by atomic mass is 10.1. The third kappa shape index (κ3) is 4.94. The number of benzene rings is 3. The third-order valence-corrected chi connectivity index (χ3v) is 6.74. The lowest BCUT2D eigenvalue weighted by Crippen LogP contribution is -2.30. The fourth-order valence-electron chi connectivity index (χ4n) is 3.43. The summed E-state index contributed by atoms with van der Waals surface area (Å²) in [6.45, 7) is 0.686. The van der Waals surface area contributed by atoms with Crippen molar-refractivity contribution in [3.63, 3.8) is 0 Å². The van der Waals surface area contributed by atoms with E-state index in [2.05, 4.69) is 33.4 Å². The topological polar surface area (TPSA) is 49.4 Å². The smallest absolute Gasteiger partial charge is 0.255 e. The van der Waals surface area contributed by atoms with Gasteiger partial charge in [-0.1, -0.05) is 64.5 Å². The number of nitrogens with zero attached hydrogens (tertiary/aromatic N) is 1. The van der Waals surface area contributed by atoms with E-state index in [0.717, 1.165) is 22.1 Å². The first kappa shape index (κ1) is 20.7. The molecule has 152 valence electrons. The van der Waals surface area contributed by atoms with Crippen LogP contribution in [0.1, 0.15) is 26.9 Å². The molecule has 1 saturated heterocycles. The minimum absolute atomic E-state index is 0.0107. The van der Waals surface area contributed by atoms with E-state index in [0.29, 0.717) is 17.9 Å². The van der Waals surface area contributed by atoms with Gasteiger partial charge in [-0.3, -0.25) is 9.59 Å². The van der Waals surface area contributed by atoms with E-state index in [4.69, 9.17) is 0 Å². The van der Waals surface area contributed by atoms with Crippen molar-refractivity contribution < 1.29 is 9.59 Å². The number of hydrogen-bond donors (Lipinski definition) is 1. The van der Waals surface area contributed by atoms with Gasteiger partial charge in [-0.05, 0) is 47.9 Å². The monoisotopic (exact) mass is 480 g/mol. The van der Waals surface area contributed by atoms with Gasteiger partial charge in [0, 0.05) is 22.3 Å². The first-order valence-electron chi connectivity index (χ1n) is 9.72. The predicted octanol–water partition coefficient (Wildman–Crippen LogP) is 5.52. The Balaban J connectivity index is 1.43. The first-order chi connectivity index (χ1) is 14.6. The van der Waals surface area contributed by atoms with E-state index in [1.54, 1.807) is 11.8 Å². The number of nitrogens with one attached hydrogen (secondary N) is 1. The molecule has 0 radical (unpaired) electrons. The largest absolute Gasteiger partial charge is 0.326 e. The number of rotatable bonds is 6. The van der Waals surface area contributed by atoms with Gasteiger partial charge in [-0.2, -0.15) is 0 Å². The Morgan fingerprint density at radius 1 is 1.03 bits per heavy atom. The Labute approximate surface area is 188 Å². The lowest BCUT2D eigenvalue weighted by Gasteiger charge is -2.24. The van der Waals surface area contributed by atoms with Crippen LogP contribution in [-0.4, -0.2) is 29.0 Å². The van der Waals surface area contributed by atoms with E-state index in [1.165, 1.54) is 5.56 Å². The van der Waals surface area contributed by atoms with Crippen molar-refractivity contribution >= 4 is 45.2 Å². The Bertz CT molecular complexity index is 1040. The van der Waals surface area contributed by atoms with Gasteiger partial charge in [-0.25, -0.2) is 0 Å². The third-order valence-electron chi connectivity index (χ3n) is 4.99. The van der Waals surface area contributed by atoms with Gasteiger partial charge in [0.25, 0.3) is 5.91 Å². The summed E-state index contributed by atoms with van der Waals surface area (Å²) in [5.41, 5.74) is 3.59. The van der Waals surface area contributed by atoms with Crippen LogP contribution in [0.5, 0.6) is 0 Å². The predicted molar refractivity (Wildman–Crippen MR) is 126 cm³/mol. The molecule has 2 amide bonds. The molecule has 4 rings (SSSR count). The second-order valence-electron chi connectivity index (χ2n) is 7.07. The molecule has 6 heteroatoms. The fraction of sp³-hybridized carbons (Fsp3) is 0.167. The highest BCUT2D eigenvalue weighted by molar-refractivity contribution is 9.10. The van der Waals surface area contributed by atoms with Gasteiger partial charge < -0.3 is 10.2 Å². The van der Waals surface area contributed by atoms with Crippen LogP contribution < -0.4 is 5.32 Å². The summed E-state index contributed by atoms with van der Waals surface area (Å²) in [5, 5.41) is 2.89. The number of amides is 2. The van der Waals surface area contributed by atoms with Crippen LogP contribution in [0.4, 0.5) is 5.69 Å². The van der Waals surface area contributed by atoms with Gasteiger partial charge in [0.1, 0.15) is 5.37 Å². The van der Waals surface area contributed by atoms with Crippen LogP contribution in [-0.2, 0) is 11.2 Å². The summed E-state index contributed by atoms with van der Waals surface area (Å²) >= 11 is 5.04. The van der Waals surface area contributed by atoms with Crippen molar-refractivity contribution in [1.29, 1.82) is 0 Å². The van der Waals surface area contributed by atoms with E-state index < -0.39 is 0 Å². The van der Waals surface area contributed by atoms with E-state index in [-0.39, 0.29) is 17.2 Å². The molecule has 30 heavy (non-hydrogen) atoms. The summed E-state index contributed by atoms with van der Waals surface area (Å²) < 4.78 is 0.911. The maximum absolute atomic E-state index is 12.5. The minimum Gasteiger partial charge on any atom is -0.326 e. The summed E-state index contributed by atoms with van der Waals surface area (Å²) in [6.07, 6.45) is 0.830. The number of anilines is 1. The molecule has 3 aromatic carbocycles. The van der Waals surface area contributed by atoms with Gasteiger partial charge in [0.15, 0.2) is 0 Å². The zero-order chi connectivity index (χ0) is 20.9. The van der Waals surface area contributed by atoms with Crippen LogP contribution in [0.25, 0.3) is 0 Å². The first-order valence-corrected chi connectivity index (χ1v) is 11.6. The number of hydrogen-bond acceptors (Lipinski definition) is 3. The molecule has 0 aromatic heterocycles. The van der Waals surface area contributed by atoms with Gasteiger partial charge in [0.2, 0.25) is 5.91 Å². The van der Waals surface area contributed by atoms with Crippen molar-refractivity contribution in [3.8, 4) is 0 Å². The molecule has 1 aliphatic rings. The molecule has 0 aliphatic carbocycles. The highest BCUT2D eigenvalue weighted by Gasteiger charge is 2.32. The Morgan fingerprint density at radius 2 is 1.80 bits per heavy atom.